The van der Waals surface area contributed by atoms with Crippen molar-refractivity contribution in [1.82, 2.24) is 10.2 Å². The van der Waals surface area contributed by atoms with E-state index in [-0.39, 0.29) is 24.3 Å². The van der Waals surface area contributed by atoms with Gasteiger partial charge in [-0.3, -0.25) is 9.59 Å². The summed E-state index contributed by atoms with van der Waals surface area (Å²) in [7, 11) is 1.67. The van der Waals surface area contributed by atoms with Gasteiger partial charge in [0.25, 0.3) is 0 Å². The second-order valence-electron chi connectivity index (χ2n) is 4.09. The predicted molar refractivity (Wildman–Crippen MR) is 55.5 cm³/mol. The van der Waals surface area contributed by atoms with Crippen LogP contribution in [-0.4, -0.2) is 48.1 Å². The third kappa shape index (κ3) is 3.20. The van der Waals surface area contributed by atoms with E-state index >= 15 is 0 Å². The Labute approximate surface area is 89.4 Å². The van der Waals surface area contributed by atoms with E-state index in [2.05, 4.69) is 5.32 Å². The second-order valence-corrected chi connectivity index (χ2v) is 4.09. The van der Waals surface area contributed by atoms with E-state index in [1.807, 2.05) is 0 Å². The van der Waals surface area contributed by atoms with Crippen LogP contribution >= 0.6 is 0 Å². The summed E-state index contributed by atoms with van der Waals surface area (Å²) in [5, 5.41) is 11.8. The molecule has 0 aromatic heterocycles. The second kappa shape index (κ2) is 5.11. The first kappa shape index (κ1) is 12.0. The van der Waals surface area contributed by atoms with Gasteiger partial charge in [0, 0.05) is 19.6 Å². The molecule has 2 atom stereocenters. The fourth-order valence-electron chi connectivity index (χ4n) is 1.76. The highest BCUT2D eigenvalue weighted by atomic mass is 16.4. The molecule has 15 heavy (non-hydrogen) atoms. The number of aliphatic carboxylic acids is 1. The Morgan fingerprint density at radius 2 is 2.27 bits per heavy atom. The van der Waals surface area contributed by atoms with Crippen LogP contribution < -0.4 is 5.32 Å². The highest BCUT2D eigenvalue weighted by molar-refractivity contribution is 5.80. The van der Waals surface area contributed by atoms with Crippen LogP contribution in [-0.2, 0) is 9.59 Å². The first-order valence-corrected chi connectivity index (χ1v) is 5.21. The van der Waals surface area contributed by atoms with E-state index in [0.29, 0.717) is 6.54 Å². The van der Waals surface area contributed by atoms with E-state index in [1.54, 1.807) is 18.9 Å². The third-order valence-electron chi connectivity index (χ3n) is 2.89. The maximum absolute atomic E-state index is 11.9. The standard InChI is InChI=1S/C10H18N2O3/c1-7(5-9(13)14)12(2)10(15)8-3-4-11-6-8/h7-8,11H,3-6H2,1-2H3,(H,13,14). The number of nitrogens with zero attached hydrogens (tertiary/aromatic N) is 1. The number of amides is 1. The molecule has 1 heterocycles. The van der Waals surface area contributed by atoms with Crippen molar-refractivity contribution in [3.8, 4) is 0 Å². The molecule has 5 nitrogen and oxygen atoms in total. The van der Waals surface area contributed by atoms with Gasteiger partial charge in [-0.2, -0.15) is 0 Å². The maximum atomic E-state index is 11.9. The molecule has 0 aliphatic carbocycles. The lowest BCUT2D eigenvalue weighted by molar-refractivity contribution is -0.141. The Hall–Kier alpha value is -1.10. The Kier molecular flexibility index (Phi) is 4.08. The van der Waals surface area contributed by atoms with Gasteiger partial charge in [0.2, 0.25) is 5.91 Å². The lowest BCUT2D eigenvalue weighted by Gasteiger charge is -2.26. The maximum Gasteiger partial charge on any atom is 0.305 e. The van der Waals surface area contributed by atoms with Gasteiger partial charge in [0.1, 0.15) is 0 Å². The molecule has 1 saturated heterocycles. The number of carboxylic acids is 1. The number of carbonyl (C=O) groups is 2. The van der Waals surface area contributed by atoms with Crippen LogP contribution in [0.15, 0.2) is 0 Å². The van der Waals surface area contributed by atoms with Crippen molar-refractivity contribution in [1.29, 1.82) is 0 Å². The fourth-order valence-corrected chi connectivity index (χ4v) is 1.76. The largest absolute Gasteiger partial charge is 0.481 e. The SMILES string of the molecule is CC(CC(=O)O)N(C)C(=O)C1CCNC1. The number of rotatable bonds is 4. The molecular weight excluding hydrogens is 196 g/mol. The lowest BCUT2D eigenvalue weighted by Crippen LogP contribution is -2.40. The van der Waals surface area contributed by atoms with Crippen molar-refractivity contribution in [3.05, 3.63) is 0 Å². The fraction of sp³-hybridized carbons (Fsp3) is 0.800. The van der Waals surface area contributed by atoms with Crippen molar-refractivity contribution in [2.45, 2.75) is 25.8 Å². The first-order valence-electron chi connectivity index (χ1n) is 5.21. The topological polar surface area (TPSA) is 69.6 Å². The normalized spacial score (nSPS) is 22.4. The van der Waals surface area contributed by atoms with Crippen LogP contribution in [0.3, 0.4) is 0 Å². The number of carboxylic acid groups (broad SMARTS) is 1. The van der Waals surface area contributed by atoms with Crippen LogP contribution in [0.1, 0.15) is 19.8 Å². The van der Waals surface area contributed by atoms with Gasteiger partial charge < -0.3 is 15.3 Å². The Morgan fingerprint density at radius 1 is 1.60 bits per heavy atom. The van der Waals surface area contributed by atoms with Gasteiger partial charge in [-0.05, 0) is 19.9 Å². The molecule has 86 valence electrons. The molecule has 1 aliphatic rings. The predicted octanol–water partition coefficient (Wildman–Crippen LogP) is -0.0825. The van der Waals surface area contributed by atoms with Gasteiger partial charge in [-0.25, -0.2) is 0 Å². The smallest absolute Gasteiger partial charge is 0.305 e. The highest BCUT2D eigenvalue weighted by Gasteiger charge is 2.28. The first-order chi connectivity index (χ1) is 7.02. The molecule has 1 amide bonds. The van der Waals surface area contributed by atoms with Crippen molar-refractivity contribution in [2.75, 3.05) is 20.1 Å². The summed E-state index contributed by atoms with van der Waals surface area (Å²) in [6, 6.07) is -0.240. The summed E-state index contributed by atoms with van der Waals surface area (Å²) in [4.78, 5) is 23.9. The minimum atomic E-state index is -0.869. The van der Waals surface area contributed by atoms with Crippen LogP contribution in [0.4, 0.5) is 0 Å². The monoisotopic (exact) mass is 214 g/mol. The zero-order chi connectivity index (χ0) is 11.4. The summed E-state index contributed by atoms with van der Waals surface area (Å²) < 4.78 is 0. The van der Waals surface area contributed by atoms with E-state index in [9.17, 15) is 9.59 Å². The van der Waals surface area contributed by atoms with Gasteiger partial charge in [-0.1, -0.05) is 0 Å². The van der Waals surface area contributed by atoms with Crippen LogP contribution in [0.5, 0.6) is 0 Å². The molecule has 5 heteroatoms. The van der Waals surface area contributed by atoms with Gasteiger partial charge in [0.15, 0.2) is 0 Å². The number of nitrogens with one attached hydrogen (secondary N) is 1. The number of hydrogen-bond acceptors (Lipinski definition) is 3. The van der Waals surface area contributed by atoms with Crippen molar-refractivity contribution < 1.29 is 14.7 Å². The van der Waals surface area contributed by atoms with Crippen molar-refractivity contribution >= 4 is 11.9 Å². The zero-order valence-corrected chi connectivity index (χ0v) is 9.19. The van der Waals surface area contributed by atoms with Crippen molar-refractivity contribution in [3.63, 3.8) is 0 Å². The molecule has 0 radical (unpaired) electrons. The van der Waals surface area contributed by atoms with Crippen LogP contribution in [0, 0.1) is 5.92 Å². The van der Waals surface area contributed by atoms with Crippen molar-refractivity contribution in [2.24, 2.45) is 5.92 Å². The highest BCUT2D eigenvalue weighted by Crippen LogP contribution is 2.13. The molecule has 1 rings (SSSR count). The Morgan fingerprint density at radius 3 is 2.73 bits per heavy atom. The van der Waals surface area contributed by atoms with Gasteiger partial charge >= 0.3 is 5.97 Å². The van der Waals surface area contributed by atoms with Crippen LogP contribution in [0.25, 0.3) is 0 Å². The quantitative estimate of drug-likeness (QED) is 0.686. The van der Waals surface area contributed by atoms with E-state index in [1.165, 1.54) is 0 Å². The minimum absolute atomic E-state index is 0.00237. The summed E-state index contributed by atoms with van der Waals surface area (Å²) in [5.41, 5.74) is 0. The molecule has 1 aliphatic heterocycles. The zero-order valence-electron chi connectivity index (χ0n) is 9.19. The van der Waals surface area contributed by atoms with E-state index < -0.39 is 5.97 Å². The minimum Gasteiger partial charge on any atom is -0.481 e. The summed E-state index contributed by atoms with van der Waals surface area (Å²) in [5.74, 6) is -0.799. The molecule has 0 saturated carbocycles. The molecule has 2 N–H and O–H groups in total. The molecule has 0 bridgehead atoms. The average molecular weight is 214 g/mol. The lowest BCUT2D eigenvalue weighted by atomic mass is 10.1. The third-order valence-corrected chi connectivity index (χ3v) is 2.89. The Bertz CT molecular complexity index is 249. The number of carbonyl (C=O) groups excluding carboxylic acids is 1. The molecule has 0 aromatic rings. The van der Waals surface area contributed by atoms with E-state index in [4.69, 9.17) is 5.11 Å². The Balaban J connectivity index is 2.47. The molecule has 1 fully saturated rings. The molecular formula is C10H18N2O3. The molecule has 0 aromatic carbocycles. The summed E-state index contributed by atoms with van der Waals surface area (Å²) >= 11 is 0. The number of hydrogen-bond donors (Lipinski definition) is 2. The van der Waals surface area contributed by atoms with E-state index in [0.717, 1.165) is 13.0 Å². The van der Waals surface area contributed by atoms with Crippen LogP contribution in [0.2, 0.25) is 0 Å². The molecule has 0 spiro atoms. The molecule has 2 unspecified atom stereocenters. The summed E-state index contributed by atoms with van der Waals surface area (Å²) in [6.45, 7) is 3.34. The summed E-state index contributed by atoms with van der Waals surface area (Å²) in [6.07, 6.45) is 0.853. The van der Waals surface area contributed by atoms with Gasteiger partial charge in [-0.15, -0.1) is 0 Å². The van der Waals surface area contributed by atoms with Gasteiger partial charge in [0.05, 0.1) is 12.3 Å². The average Bonchev–Trinajstić information content (AvgIpc) is 2.67.